The Morgan fingerprint density at radius 2 is 2.08 bits per heavy atom. The number of carbonyl (C=O) groups is 2. The van der Waals surface area contributed by atoms with E-state index in [1.807, 2.05) is 17.8 Å². The van der Waals surface area contributed by atoms with Crippen LogP contribution in [0.15, 0.2) is 36.9 Å². The number of nitrogens with zero attached hydrogens (tertiary/aromatic N) is 5. The molecule has 2 saturated heterocycles. The minimum Gasteiger partial charge on any atom is -0.364 e. The van der Waals surface area contributed by atoms with Crippen LogP contribution in [0.5, 0.6) is 0 Å². The number of ether oxygens (including phenoxy) is 1. The average Bonchev–Trinajstić information content (AvgIpc) is 3.24. The van der Waals surface area contributed by atoms with Gasteiger partial charge in [-0.15, -0.1) is 0 Å². The highest BCUT2D eigenvalue weighted by molar-refractivity contribution is 5.94. The van der Waals surface area contributed by atoms with Gasteiger partial charge in [0.25, 0.3) is 5.91 Å². The van der Waals surface area contributed by atoms with Gasteiger partial charge in [0, 0.05) is 50.5 Å². The number of fused-ring (bicyclic) bond motifs is 1. The van der Waals surface area contributed by atoms with Crippen LogP contribution < -0.4 is 0 Å². The third kappa shape index (κ3) is 2.89. The number of likely N-dealkylation sites (tertiary alicyclic amines) is 1. The third-order valence-corrected chi connectivity index (χ3v) is 4.83. The molecule has 8 heteroatoms. The topological polar surface area (TPSA) is 80.6 Å². The van der Waals surface area contributed by atoms with Gasteiger partial charge < -0.3 is 19.1 Å². The van der Waals surface area contributed by atoms with Crippen LogP contribution in [0.1, 0.15) is 16.2 Å². The van der Waals surface area contributed by atoms with E-state index < -0.39 is 0 Å². The van der Waals surface area contributed by atoms with E-state index in [0.29, 0.717) is 25.2 Å². The molecule has 2 amide bonds. The Bertz CT molecular complexity index is 791. The van der Waals surface area contributed by atoms with Crippen LogP contribution in [0.25, 0.3) is 0 Å². The minimum atomic E-state index is -0.163. The largest absolute Gasteiger partial charge is 0.364 e. The molecule has 0 aromatic carbocycles. The summed E-state index contributed by atoms with van der Waals surface area (Å²) in [6.07, 6.45) is 6.61. The third-order valence-electron chi connectivity index (χ3n) is 4.83. The van der Waals surface area contributed by atoms with Crippen molar-refractivity contribution in [3.63, 3.8) is 0 Å². The Morgan fingerprint density at radius 1 is 1.28 bits per heavy atom. The molecule has 2 aliphatic heterocycles. The predicted octanol–water partition coefficient (Wildman–Crippen LogP) is 0.0671. The van der Waals surface area contributed by atoms with E-state index in [1.54, 1.807) is 40.5 Å². The highest BCUT2D eigenvalue weighted by Gasteiger charge is 2.44. The Morgan fingerprint density at radius 3 is 2.80 bits per heavy atom. The number of aromatic nitrogens is 3. The quantitative estimate of drug-likeness (QED) is 0.789. The lowest BCUT2D eigenvalue weighted by atomic mass is 10.1. The van der Waals surface area contributed by atoms with Crippen LogP contribution in [-0.4, -0.2) is 68.0 Å². The first-order valence-electron chi connectivity index (χ1n) is 8.20. The van der Waals surface area contributed by atoms with Gasteiger partial charge in [0.05, 0.1) is 18.7 Å². The van der Waals surface area contributed by atoms with Crippen molar-refractivity contribution < 1.29 is 14.3 Å². The molecule has 0 radical (unpaired) electrons. The average molecular weight is 341 g/mol. The van der Waals surface area contributed by atoms with E-state index >= 15 is 0 Å². The minimum absolute atomic E-state index is 0.0445. The summed E-state index contributed by atoms with van der Waals surface area (Å²) in [7, 11) is 1.90. The Kier molecular flexibility index (Phi) is 3.96. The summed E-state index contributed by atoms with van der Waals surface area (Å²) in [5, 5.41) is 0. The maximum absolute atomic E-state index is 12.7. The molecule has 2 aromatic heterocycles. The number of morpholine rings is 1. The standard InChI is InChI=1S/C17H19N5O3/c1-20-7-6-19-15(20)10-22-13-8-21(9-14(13)25-11-16(22)23)17(24)12-2-4-18-5-3-12/h2-7,13-14H,8-11H2,1H3. The van der Waals surface area contributed by atoms with Crippen molar-refractivity contribution in [3.05, 3.63) is 48.3 Å². The number of carbonyl (C=O) groups excluding carboxylic acids is 2. The maximum atomic E-state index is 12.7. The van der Waals surface area contributed by atoms with Crippen molar-refractivity contribution in [1.82, 2.24) is 24.3 Å². The first kappa shape index (κ1) is 15.8. The van der Waals surface area contributed by atoms with E-state index in [1.165, 1.54) is 0 Å². The summed E-state index contributed by atoms with van der Waals surface area (Å²) in [6, 6.07) is 3.24. The van der Waals surface area contributed by atoms with Crippen LogP contribution in [-0.2, 0) is 23.1 Å². The number of amides is 2. The fourth-order valence-corrected chi connectivity index (χ4v) is 3.42. The molecule has 130 valence electrons. The van der Waals surface area contributed by atoms with Crippen molar-refractivity contribution in [1.29, 1.82) is 0 Å². The Hall–Kier alpha value is -2.74. The monoisotopic (exact) mass is 341 g/mol. The zero-order chi connectivity index (χ0) is 17.4. The molecule has 4 rings (SSSR count). The number of pyridine rings is 1. The molecule has 4 heterocycles. The number of aryl methyl sites for hydroxylation is 1. The zero-order valence-electron chi connectivity index (χ0n) is 13.9. The highest BCUT2D eigenvalue weighted by Crippen LogP contribution is 2.26. The van der Waals surface area contributed by atoms with Crippen molar-refractivity contribution in [2.75, 3.05) is 19.7 Å². The van der Waals surface area contributed by atoms with Gasteiger partial charge in [-0.1, -0.05) is 0 Å². The lowest BCUT2D eigenvalue weighted by Gasteiger charge is -2.36. The van der Waals surface area contributed by atoms with Crippen molar-refractivity contribution in [3.8, 4) is 0 Å². The van der Waals surface area contributed by atoms with Gasteiger partial charge in [0.2, 0.25) is 5.91 Å². The molecule has 2 fully saturated rings. The number of imidazole rings is 1. The first-order valence-corrected chi connectivity index (χ1v) is 8.20. The van der Waals surface area contributed by atoms with Gasteiger partial charge in [0.1, 0.15) is 12.4 Å². The van der Waals surface area contributed by atoms with Crippen molar-refractivity contribution in [2.24, 2.45) is 7.05 Å². The van der Waals surface area contributed by atoms with Crippen LogP contribution in [0.2, 0.25) is 0 Å². The molecule has 25 heavy (non-hydrogen) atoms. The Labute approximate surface area is 145 Å². The fourth-order valence-electron chi connectivity index (χ4n) is 3.42. The first-order chi connectivity index (χ1) is 12.1. The molecule has 0 saturated carbocycles. The summed E-state index contributed by atoms with van der Waals surface area (Å²) in [6.45, 7) is 1.41. The summed E-state index contributed by atoms with van der Waals surface area (Å²) >= 11 is 0. The van der Waals surface area contributed by atoms with Crippen molar-refractivity contribution >= 4 is 11.8 Å². The van der Waals surface area contributed by atoms with Crippen LogP contribution in [0.4, 0.5) is 0 Å². The van der Waals surface area contributed by atoms with Gasteiger partial charge in [-0.2, -0.15) is 0 Å². The molecule has 0 bridgehead atoms. The molecule has 0 N–H and O–H groups in total. The molecule has 2 aliphatic rings. The van der Waals surface area contributed by atoms with Crippen molar-refractivity contribution in [2.45, 2.75) is 18.7 Å². The van der Waals surface area contributed by atoms with E-state index in [-0.39, 0.29) is 30.6 Å². The molecule has 2 unspecified atom stereocenters. The second-order valence-electron chi connectivity index (χ2n) is 6.34. The Balaban J connectivity index is 1.53. The highest BCUT2D eigenvalue weighted by atomic mass is 16.5. The van der Waals surface area contributed by atoms with Crippen LogP contribution >= 0.6 is 0 Å². The molecule has 0 spiro atoms. The smallest absolute Gasteiger partial charge is 0.254 e. The molecular weight excluding hydrogens is 322 g/mol. The second kappa shape index (κ2) is 6.29. The molecule has 2 aromatic rings. The predicted molar refractivity (Wildman–Crippen MR) is 87.4 cm³/mol. The lowest BCUT2D eigenvalue weighted by Crippen LogP contribution is -2.53. The van der Waals surface area contributed by atoms with Gasteiger partial charge in [-0.05, 0) is 12.1 Å². The summed E-state index contributed by atoms with van der Waals surface area (Å²) < 4.78 is 7.58. The van der Waals surface area contributed by atoms with Crippen LogP contribution in [0, 0.1) is 0 Å². The van der Waals surface area contributed by atoms with Gasteiger partial charge in [-0.3, -0.25) is 14.6 Å². The van der Waals surface area contributed by atoms with Gasteiger partial charge in [-0.25, -0.2) is 4.98 Å². The summed E-state index contributed by atoms with van der Waals surface area (Å²) in [5.74, 6) is 0.681. The molecule has 0 aliphatic carbocycles. The van der Waals surface area contributed by atoms with Gasteiger partial charge >= 0.3 is 0 Å². The maximum Gasteiger partial charge on any atom is 0.254 e. The summed E-state index contributed by atoms with van der Waals surface area (Å²) in [4.78, 5) is 36.8. The molecule has 8 nitrogen and oxygen atoms in total. The number of hydrogen-bond donors (Lipinski definition) is 0. The van der Waals surface area contributed by atoms with E-state index in [4.69, 9.17) is 4.74 Å². The number of rotatable bonds is 3. The fraction of sp³-hybridized carbons (Fsp3) is 0.412. The number of hydrogen-bond acceptors (Lipinski definition) is 5. The van der Waals surface area contributed by atoms with E-state index in [0.717, 1.165) is 5.82 Å². The summed E-state index contributed by atoms with van der Waals surface area (Å²) in [5.41, 5.74) is 0.593. The normalized spacial score (nSPS) is 23.0. The van der Waals surface area contributed by atoms with Crippen LogP contribution in [0.3, 0.4) is 0 Å². The van der Waals surface area contributed by atoms with Gasteiger partial charge in [0.15, 0.2) is 0 Å². The molecular formula is C17H19N5O3. The van der Waals surface area contributed by atoms with E-state index in [9.17, 15) is 9.59 Å². The SMILES string of the molecule is Cn1ccnc1CN1C(=O)COC2CN(C(=O)c3ccncc3)CC21. The molecule has 2 atom stereocenters. The second-order valence-corrected chi connectivity index (χ2v) is 6.34. The van der Waals surface area contributed by atoms with E-state index in [2.05, 4.69) is 9.97 Å². The zero-order valence-corrected chi connectivity index (χ0v) is 13.9. The lowest BCUT2D eigenvalue weighted by molar-refractivity contribution is -0.154.